The van der Waals surface area contributed by atoms with Gasteiger partial charge in [-0.15, -0.1) is 0 Å². The van der Waals surface area contributed by atoms with Crippen LogP contribution in [0.3, 0.4) is 0 Å². The highest BCUT2D eigenvalue weighted by Gasteiger charge is 2.01. The minimum Gasteiger partial charge on any atom is -0.464 e. The van der Waals surface area contributed by atoms with Crippen LogP contribution in [0.25, 0.3) is 21.9 Å². The van der Waals surface area contributed by atoms with Crippen LogP contribution in [0.4, 0.5) is 0 Å². The molecule has 0 fully saturated rings. The van der Waals surface area contributed by atoms with Crippen LogP contribution in [0.15, 0.2) is 41.1 Å². The molecule has 3 aromatic rings. The number of benzene rings is 1. The van der Waals surface area contributed by atoms with Crippen molar-refractivity contribution in [2.75, 3.05) is 0 Å². The fourth-order valence-corrected chi connectivity index (χ4v) is 1.58. The first-order chi connectivity index (χ1) is 5.95. The number of fused-ring (bicyclic) bond motifs is 3. The molecule has 0 spiro atoms. The van der Waals surface area contributed by atoms with Crippen molar-refractivity contribution in [3.63, 3.8) is 0 Å². The summed E-state index contributed by atoms with van der Waals surface area (Å²) in [6, 6.07) is 8.08. The average Bonchev–Trinajstić information content (AvgIpc) is 2.71. The molecule has 0 saturated heterocycles. The molecule has 0 atom stereocenters. The largest absolute Gasteiger partial charge is 0.464 e. The van der Waals surface area contributed by atoms with Gasteiger partial charge in [0.05, 0.1) is 11.8 Å². The molecule has 1 N–H and O–H groups in total. The number of aromatic amines is 1. The molecule has 0 aliphatic carbocycles. The number of hydrogen-bond acceptors (Lipinski definition) is 1. The van der Waals surface area contributed by atoms with Gasteiger partial charge in [-0.1, -0.05) is 0 Å². The quantitative estimate of drug-likeness (QED) is 0.534. The van der Waals surface area contributed by atoms with E-state index in [2.05, 4.69) is 17.1 Å². The Morgan fingerprint density at radius 3 is 3.08 bits per heavy atom. The highest BCUT2D eigenvalue weighted by molar-refractivity contribution is 6.03. The molecule has 12 heavy (non-hydrogen) atoms. The number of hydrogen-bond donors (Lipinski definition) is 1. The Bertz CT molecular complexity index is 483. The molecule has 2 aromatic heterocycles. The molecule has 2 heterocycles. The lowest BCUT2D eigenvalue weighted by atomic mass is 10.2. The number of nitrogens with one attached hydrogen (secondary N) is 1. The van der Waals surface area contributed by atoms with E-state index in [0.717, 1.165) is 16.5 Å². The van der Waals surface area contributed by atoms with Gasteiger partial charge in [0.1, 0.15) is 5.58 Å². The zero-order chi connectivity index (χ0) is 7.97. The maximum absolute atomic E-state index is 5.28. The average molecular weight is 157 g/mol. The summed E-state index contributed by atoms with van der Waals surface area (Å²) in [6.07, 6.45) is 3.65. The standard InChI is InChI=1S/C10H7NO/c1-2-9-8(4-6-12-9)10-7(1)3-5-11-10/h1-6,11H. The SMILES string of the molecule is c1cc2ccc3occc3c2[nH]1. The van der Waals surface area contributed by atoms with Gasteiger partial charge >= 0.3 is 0 Å². The van der Waals surface area contributed by atoms with Gasteiger partial charge in [0, 0.05) is 17.0 Å². The molecule has 58 valence electrons. The van der Waals surface area contributed by atoms with E-state index in [9.17, 15) is 0 Å². The summed E-state index contributed by atoms with van der Waals surface area (Å²) in [5, 5.41) is 2.38. The van der Waals surface area contributed by atoms with Crippen LogP contribution in [0, 0.1) is 0 Å². The van der Waals surface area contributed by atoms with E-state index in [4.69, 9.17) is 4.42 Å². The lowest BCUT2D eigenvalue weighted by Crippen LogP contribution is -1.67. The van der Waals surface area contributed by atoms with Gasteiger partial charge in [0.15, 0.2) is 0 Å². The minimum atomic E-state index is 0.935. The Morgan fingerprint density at radius 1 is 1.08 bits per heavy atom. The first-order valence-corrected chi connectivity index (χ1v) is 3.88. The molecule has 0 saturated carbocycles. The van der Waals surface area contributed by atoms with Gasteiger partial charge in [0.25, 0.3) is 0 Å². The normalized spacial score (nSPS) is 11.3. The predicted molar refractivity (Wildman–Crippen MR) is 48.1 cm³/mol. The lowest BCUT2D eigenvalue weighted by molar-refractivity contribution is 0.616. The van der Waals surface area contributed by atoms with Crippen LogP contribution in [0.2, 0.25) is 0 Å². The molecule has 0 bridgehead atoms. The van der Waals surface area contributed by atoms with Crippen molar-refractivity contribution in [1.29, 1.82) is 0 Å². The summed E-state index contributed by atoms with van der Waals surface area (Å²) in [7, 11) is 0. The molecule has 2 nitrogen and oxygen atoms in total. The smallest absolute Gasteiger partial charge is 0.135 e. The Balaban J connectivity index is 2.71. The lowest BCUT2D eigenvalue weighted by Gasteiger charge is -1.90. The van der Waals surface area contributed by atoms with Crippen molar-refractivity contribution < 1.29 is 4.42 Å². The van der Waals surface area contributed by atoms with Gasteiger partial charge in [-0.05, 0) is 24.3 Å². The van der Waals surface area contributed by atoms with E-state index < -0.39 is 0 Å². The molecule has 1 aromatic carbocycles. The summed E-state index contributed by atoms with van der Waals surface area (Å²) < 4.78 is 5.28. The van der Waals surface area contributed by atoms with Gasteiger partial charge < -0.3 is 9.40 Å². The Morgan fingerprint density at radius 2 is 2.08 bits per heavy atom. The summed E-state index contributed by atoms with van der Waals surface area (Å²) in [6.45, 7) is 0. The molecule has 3 rings (SSSR count). The van der Waals surface area contributed by atoms with Crippen LogP contribution in [0.1, 0.15) is 0 Å². The third-order valence-corrected chi connectivity index (χ3v) is 2.16. The zero-order valence-electron chi connectivity index (χ0n) is 6.37. The number of furan rings is 1. The van der Waals surface area contributed by atoms with Crippen LogP contribution in [-0.2, 0) is 0 Å². The van der Waals surface area contributed by atoms with E-state index in [1.54, 1.807) is 6.26 Å². The van der Waals surface area contributed by atoms with Gasteiger partial charge in [0.2, 0.25) is 0 Å². The maximum Gasteiger partial charge on any atom is 0.135 e. The predicted octanol–water partition coefficient (Wildman–Crippen LogP) is 2.91. The van der Waals surface area contributed by atoms with Gasteiger partial charge in [-0.2, -0.15) is 0 Å². The highest BCUT2D eigenvalue weighted by atomic mass is 16.3. The first kappa shape index (κ1) is 5.89. The Hall–Kier alpha value is -1.70. The van der Waals surface area contributed by atoms with Crippen LogP contribution in [-0.4, -0.2) is 4.98 Å². The van der Waals surface area contributed by atoms with E-state index in [1.807, 2.05) is 18.3 Å². The second-order valence-electron chi connectivity index (χ2n) is 2.84. The van der Waals surface area contributed by atoms with E-state index in [-0.39, 0.29) is 0 Å². The summed E-state index contributed by atoms with van der Waals surface area (Å²) >= 11 is 0. The molecule has 0 aliphatic rings. The number of H-pyrrole nitrogens is 1. The van der Waals surface area contributed by atoms with Crippen molar-refractivity contribution in [2.24, 2.45) is 0 Å². The number of rotatable bonds is 0. The Kier molecular flexibility index (Phi) is 0.939. The second kappa shape index (κ2) is 1.91. The fourth-order valence-electron chi connectivity index (χ4n) is 1.58. The number of aromatic nitrogens is 1. The van der Waals surface area contributed by atoms with Crippen LogP contribution < -0.4 is 0 Å². The Labute approximate surface area is 68.8 Å². The van der Waals surface area contributed by atoms with Crippen LogP contribution in [0.5, 0.6) is 0 Å². The monoisotopic (exact) mass is 157 g/mol. The zero-order valence-corrected chi connectivity index (χ0v) is 6.37. The summed E-state index contributed by atoms with van der Waals surface area (Å²) in [5.41, 5.74) is 2.09. The van der Waals surface area contributed by atoms with Crippen molar-refractivity contribution in [3.05, 3.63) is 36.7 Å². The molecular formula is C10H7NO. The molecule has 0 aliphatic heterocycles. The molecule has 0 radical (unpaired) electrons. The van der Waals surface area contributed by atoms with E-state index in [0.29, 0.717) is 0 Å². The maximum atomic E-state index is 5.28. The minimum absolute atomic E-state index is 0.935. The molecule has 0 unspecified atom stereocenters. The van der Waals surface area contributed by atoms with Crippen molar-refractivity contribution in [3.8, 4) is 0 Å². The van der Waals surface area contributed by atoms with Gasteiger partial charge in [-0.25, -0.2) is 0 Å². The topological polar surface area (TPSA) is 28.9 Å². The van der Waals surface area contributed by atoms with Crippen molar-refractivity contribution in [2.45, 2.75) is 0 Å². The highest BCUT2D eigenvalue weighted by Crippen LogP contribution is 2.24. The molecular weight excluding hydrogens is 150 g/mol. The van der Waals surface area contributed by atoms with E-state index >= 15 is 0 Å². The van der Waals surface area contributed by atoms with E-state index in [1.165, 1.54) is 5.39 Å². The van der Waals surface area contributed by atoms with Gasteiger partial charge in [-0.3, -0.25) is 0 Å². The third kappa shape index (κ3) is 0.593. The summed E-state index contributed by atoms with van der Waals surface area (Å²) in [5.74, 6) is 0. The van der Waals surface area contributed by atoms with Crippen molar-refractivity contribution in [1.82, 2.24) is 4.98 Å². The van der Waals surface area contributed by atoms with Crippen molar-refractivity contribution >= 4 is 21.9 Å². The second-order valence-corrected chi connectivity index (χ2v) is 2.84. The summed E-state index contributed by atoms with van der Waals surface area (Å²) in [4.78, 5) is 3.19. The first-order valence-electron chi connectivity index (χ1n) is 3.88. The van der Waals surface area contributed by atoms with Crippen LogP contribution >= 0.6 is 0 Å². The fraction of sp³-hybridized carbons (Fsp3) is 0. The third-order valence-electron chi connectivity index (χ3n) is 2.16. The molecule has 2 heteroatoms. The molecule has 0 amide bonds.